The van der Waals surface area contributed by atoms with Crippen LogP contribution in [0.3, 0.4) is 0 Å². The SMILES string of the molecule is CC(C)(C)[NH-].CO.C[Si](C)(C)O.Cl.Cl.[CH3-].[Si]=[Ti].c1ccc2c(c1)[cH-]c1ccccc12. The van der Waals surface area contributed by atoms with Crippen LogP contribution in [0.4, 0.5) is 0 Å². The molecule has 0 saturated carbocycles. The molecule has 172 valence electrons. The minimum Gasteiger partial charge on any atom is -0.126 e. The van der Waals surface area contributed by atoms with Gasteiger partial charge in [-0.2, -0.15) is 0 Å². The van der Waals surface area contributed by atoms with Crippen molar-refractivity contribution in [2.24, 2.45) is 0 Å². The molecule has 0 heterocycles. The Morgan fingerprint density at radius 2 is 1.03 bits per heavy atom. The molecule has 2 radical (unpaired) electrons. The molecule has 0 spiro atoms. The van der Waals surface area contributed by atoms with Crippen LogP contribution in [0.15, 0.2) is 54.6 Å². The van der Waals surface area contributed by atoms with E-state index < -0.39 is 8.32 Å². The summed E-state index contributed by atoms with van der Waals surface area (Å²) in [6, 6.07) is 19.3. The molecule has 0 aliphatic heterocycles. The number of hydrogen-bond acceptors (Lipinski definition) is 2. The standard InChI is InChI=1S/C13H9.C4H10N.C3H10OSi.CH4O.CH3.2ClH.Si.Ti/c1-3-7-12-10(5-1)9-11-6-2-4-8-13(11)12;1-4(2,3)5;1-5(2,3)4;1-2;;;;;/h1-9H;5H,1-3H3;4H,1-3H3;2H,1H3;1H3;2*1H;;/q2*-1;;;-1;;;;. The zero-order valence-electron chi connectivity index (χ0n) is 19.4. The third-order valence-electron chi connectivity index (χ3n) is 2.52. The Morgan fingerprint density at radius 3 is 1.27 bits per heavy atom. The quantitative estimate of drug-likeness (QED) is 0.249. The molecule has 3 rings (SSSR count). The monoisotopic (exact) mass is 522 g/mol. The van der Waals surface area contributed by atoms with E-state index >= 15 is 0 Å². The number of halogens is 2. The Kier molecular flexibility index (Phi) is 27.9. The van der Waals surface area contributed by atoms with Gasteiger partial charge in [0.15, 0.2) is 8.32 Å². The number of fused-ring (bicyclic) bond motifs is 3. The van der Waals surface area contributed by atoms with Gasteiger partial charge in [0.2, 0.25) is 0 Å². The minimum atomic E-state index is -1.61. The third kappa shape index (κ3) is 22.6. The number of hydrogen-bond donors (Lipinski definition) is 2. The predicted octanol–water partition coefficient (Wildman–Crippen LogP) is 6.88. The molecule has 0 atom stereocenters. The fourth-order valence-corrected chi connectivity index (χ4v) is 1.90. The fourth-order valence-electron chi connectivity index (χ4n) is 1.90. The second-order valence-corrected chi connectivity index (χ2v) is 12.1. The summed E-state index contributed by atoms with van der Waals surface area (Å²) >= 11 is 1.81. The van der Waals surface area contributed by atoms with Crippen molar-refractivity contribution in [2.45, 2.75) is 46.0 Å². The first-order chi connectivity index (χ1) is 12.4. The van der Waals surface area contributed by atoms with Crippen molar-refractivity contribution in [3.8, 4) is 0 Å². The Bertz CT molecular complexity index is 698. The Balaban J connectivity index is -0.000000106. The summed E-state index contributed by atoms with van der Waals surface area (Å²) in [6.45, 7) is 11.2. The first-order valence-corrected chi connectivity index (χ1v) is 14.9. The normalized spacial score (nSPS) is 9.10. The number of aliphatic hydroxyl groups is 1. The van der Waals surface area contributed by atoms with E-state index in [1.54, 1.807) is 19.2 Å². The van der Waals surface area contributed by atoms with Gasteiger partial charge in [-0.3, -0.25) is 0 Å². The second kappa shape index (κ2) is 20.8. The Hall–Kier alpha value is -0.0819. The maximum atomic E-state index is 8.66. The molecule has 0 unspecified atom stereocenters. The molecule has 3 aromatic carbocycles. The molecule has 8 heteroatoms. The summed E-state index contributed by atoms with van der Waals surface area (Å²) in [5.74, 6) is 0. The largest absolute Gasteiger partial charge is 0.126 e. The number of nitrogens with one attached hydrogen (secondary N) is 1. The Labute approximate surface area is 211 Å². The minimum absolute atomic E-state index is 0. The van der Waals surface area contributed by atoms with E-state index in [-0.39, 0.29) is 37.8 Å². The van der Waals surface area contributed by atoms with Crippen molar-refractivity contribution in [1.29, 1.82) is 0 Å². The smallest absolute Gasteiger partial charge is 0.0771 e. The van der Waals surface area contributed by atoms with E-state index in [2.05, 4.69) is 62.2 Å². The van der Waals surface area contributed by atoms with E-state index in [1.165, 1.54) is 21.5 Å². The zero-order valence-corrected chi connectivity index (χ0v) is 24.6. The van der Waals surface area contributed by atoms with Crippen LogP contribution in [-0.2, 0) is 19.2 Å². The third-order valence-corrected chi connectivity index (χ3v) is 2.52. The molecule has 0 aliphatic rings. The number of rotatable bonds is 0. The van der Waals surface area contributed by atoms with Gasteiger partial charge in [0.1, 0.15) is 0 Å². The molecular weight excluding hydrogens is 485 g/mol. The van der Waals surface area contributed by atoms with Crippen molar-refractivity contribution in [2.75, 3.05) is 7.11 Å². The summed E-state index contributed by atoms with van der Waals surface area (Å²) in [6.07, 6.45) is 0. The second-order valence-electron chi connectivity index (χ2n) is 7.74. The van der Waals surface area contributed by atoms with Crippen molar-refractivity contribution in [3.63, 3.8) is 0 Å². The first-order valence-electron chi connectivity index (χ1n) is 8.65. The molecule has 0 amide bonds. The zero-order chi connectivity index (χ0) is 21.7. The molecule has 0 aromatic heterocycles. The van der Waals surface area contributed by atoms with Gasteiger partial charge >= 0.3 is 26.8 Å². The average molecular weight is 523 g/mol. The van der Waals surface area contributed by atoms with Crippen LogP contribution in [0.2, 0.25) is 19.6 Å². The van der Waals surface area contributed by atoms with Crippen LogP contribution in [0.1, 0.15) is 20.8 Å². The van der Waals surface area contributed by atoms with Crippen LogP contribution < -0.4 is 0 Å². The van der Waals surface area contributed by atoms with E-state index in [0.717, 1.165) is 7.11 Å². The average Bonchev–Trinajstić information content (AvgIpc) is 2.94. The van der Waals surface area contributed by atoms with Gasteiger partial charge in [-0.05, 0) is 19.6 Å². The first kappa shape index (κ1) is 40.3. The summed E-state index contributed by atoms with van der Waals surface area (Å²) in [5, 5.41) is 12.4. The van der Waals surface area contributed by atoms with Crippen molar-refractivity contribution in [1.82, 2.24) is 0 Å². The van der Waals surface area contributed by atoms with Gasteiger partial charge < -0.3 is 23.1 Å². The van der Waals surface area contributed by atoms with E-state index in [1.807, 2.05) is 40.4 Å². The summed E-state index contributed by atoms with van der Waals surface area (Å²) < 4.78 is 0. The van der Waals surface area contributed by atoms with Gasteiger partial charge in [-0.25, -0.2) is 0 Å². The van der Waals surface area contributed by atoms with Crippen LogP contribution >= 0.6 is 24.8 Å². The van der Waals surface area contributed by atoms with Gasteiger partial charge in [-0.15, -0.1) is 70.1 Å². The van der Waals surface area contributed by atoms with Crippen LogP contribution in [0.5, 0.6) is 0 Å². The molecule has 0 aliphatic carbocycles. The molecule has 0 fully saturated rings. The molecule has 3 N–H and O–H groups in total. The maximum absolute atomic E-state index is 8.66. The molecule has 30 heavy (non-hydrogen) atoms. The van der Waals surface area contributed by atoms with Crippen molar-refractivity contribution >= 4 is 62.3 Å². The van der Waals surface area contributed by atoms with Crippen LogP contribution in [0, 0.1) is 7.43 Å². The molecule has 3 aromatic rings. The topological polar surface area (TPSA) is 64.3 Å². The van der Waals surface area contributed by atoms with E-state index in [9.17, 15) is 0 Å². The Morgan fingerprint density at radius 1 is 0.833 bits per heavy atom. The summed E-state index contributed by atoms with van der Waals surface area (Å²) in [5.41, 5.74) is 6.69. The van der Waals surface area contributed by atoms with Crippen molar-refractivity contribution < 1.29 is 29.1 Å². The molecule has 0 saturated heterocycles. The molecule has 3 nitrogen and oxygen atoms in total. The predicted molar refractivity (Wildman–Crippen MR) is 141 cm³/mol. The number of aliphatic hydroxyl groups excluding tert-OH is 1. The molecular formula is C22H38Cl2NO2Si2Ti-3. The van der Waals surface area contributed by atoms with Crippen molar-refractivity contribution in [3.05, 3.63) is 67.8 Å². The summed E-state index contributed by atoms with van der Waals surface area (Å²) in [7, 11) is 2.36. The van der Waals surface area contributed by atoms with Crippen LogP contribution in [-0.4, -0.2) is 38.5 Å². The molecule has 0 bridgehead atoms. The van der Waals surface area contributed by atoms with E-state index in [0.29, 0.717) is 0 Å². The van der Waals surface area contributed by atoms with Crippen LogP contribution in [0.25, 0.3) is 27.3 Å². The maximum Gasteiger partial charge on any atom is -0.0771 e. The van der Waals surface area contributed by atoms with Gasteiger partial charge in [0.25, 0.3) is 0 Å². The van der Waals surface area contributed by atoms with E-state index in [4.69, 9.17) is 15.6 Å². The summed E-state index contributed by atoms with van der Waals surface area (Å²) in [4.78, 5) is 8.66. The number of benzene rings is 2. The van der Waals surface area contributed by atoms with Gasteiger partial charge in [0, 0.05) is 7.11 Å². The fraction of sp³-hybridized carbons (Fsp3) is 0.364. The van der Waals surface area contributed by atoms with Gasteiger partial charge in [-0.1, -0.05) is 57.2 Å². The van der Waals surface area contributed by atoms with Gasteiger partial charge in [0.05, 0.1) is 0 Å².